The molecule has 0 radical (unpaired) electrons. The number of hydrogen-bond donors (Lipinski definition) is 3. The summed E-state index contributed by atoms with van der Waals surface area (Å²) in [5.41, 5.74) is 7.21. The third kappa shape index (κ3) is 19.8. The molecular formula is C60H70N6O11P3+. The van der Waals surface area contributed by atoms with E-state index in [9.17, 15) is 18.8 Å². The second-order valence-corrected chi connectivity index (χ2v) is 25.5. The van der Waals surface area contributed by atoms with Crippen LogP contribution in [0.25, 0.3) is 0 Å². The number of nitrogens with zero attached hydrogens (tertiary/aromatic N) is 4. The second-order valence-electron chi connectivity index (χ2n) is 18.2. The first-order valence-corrected chi connectivity index (χ1v) is 32.2. The van der Waals surface area contributed by atoms with Crippen LogP contribution in [0.1, 0.15) is 71.2 Å². The SMILES string of the molecule is CCOP(C)(=O)c1cc(C#Cc2ccc(OCC(=O)OC)cc2)cc(CNCCN(CCNCc2cc(C#Cc3ccc(OC)cc3)cc([P+](C)(O)OCC)n2)Cc2cc(C#Cc3ccc(OC)cc3)cc(P(C)(=O)OCC)n2)n1. The molecule has 3 N–H and O–H groups in total. The minimum atomic E-state index is -3.33. The van der Waals surface area contributed by atoms with E-state index in [2.05, 4.69) is 55.8 Å². The van der Waals surface area contributed by atoms with Crippen molar-refractivity contribution < 1.29 is 51.3 Å². The molecule has 0 aliphatic heterocycles. The van der Waals surface area contributed by atoms with Gasteiger partial charge in [-0.05, 0) is 124 Å². The monoisotopic (exact) mass is 1140 g/mol. The molecule has 0 aliphatic rings. The summed E-state index contributed by atoms with van der Waals surface area (Å²) in [6.45, 7) is 13.9. The fraction of sp³-hybridized carbons (Fsp3) is 0.333. The van der Waals surface area contributed by atoms with Gasteiger partial charge >= 0.3 is 13.7 Å². The number of aromatic nitrogens is 3. The highest BCUT2D eigenvalue weighted by molar-refractivity contribution is 7.72. The minimum Gasteiger partial charge on any atom is -0.497 e. The smallest absolute Gasteiger partial charge is 0.343 e. The molecule has 3 heterocycles. The standard InChI is InChI=1S/C60H70N6O11P3/c1-10-75-78(7,68)57-38-48(16-13-45-19-25-54(71-4)26-20-45)35-51(63-57)41-61-31-33-66(43-53-37-50(40-59(65-53)80(9,70)77-12-3)18-15-46-21-27-55(72-5)28-22-46)34-32-62-42-52-36-49(39-58(64-52)79(8,69)76-11-2)17-14-47-23-29-56(30-24-47)74-44-60(67)73-6/h19-30,35-40,61-62,68H,10-12,31-34,41-44H2,1-9H3/q+1. The van der Waals surface area contributed by atoms with Crippen molar-refractivity contribution in [3.05, 3.63) is 160 Å². The van der Waals surface area contributed by atoms with Gasteiger partial charge in [0.25, 0.3) is 0 Å². The first-order valence-electron chi connectivity index (χ1n) is 25.9. The number of methoxy groups -OCH3 is 3. The Kier molecular flexibility index (Phi) is 24.0. The van der Waals surface area contributed by atoms with E-state index in [4.69, 9.17) is 42.7 Å². The lowest BCUT2D eigenvalue weighted by Crippen LogP contribution is -2.37. The van der Waals surface area contributed by atoms with E-state index >= 15 is 0 Å². The zero-order valence-corrected chi connectivity index (χ0v) is 49.5. The first kappa shape index (κ1) is 62.5. The lowest BCUT2D eigenvalue weighted by molar-refractivity contribution is -0.142. The van der Waals surface area contributed by atoms with E-state index in [0.717, 1.165) is 22.6 Å². The summed E-state index contributed by atoms with van der Waals surface area (Å²) in [6, 6.07) is 32.8. The normalized spacial score (nSPS) is 13.2. The van der Waals surface area contributed by atoms with Gasteiger partial charge in [0.15, 0.2) is 6.61 Å². The van der Waals surface area contributed by atoms with Gasteiger partial charge < -0.3 is 38.6 Å². The van der Waals surface area contributed by atoms with E-state index in [1.807, 2.05) is 73.7 Å². The van der Waals surface area contributed by atoms with Gasteiger partial charge in [-0.3, -0.25) is 14.0 Å². The highest BCUT2D eigenvalue weighted by Crippen LogP contribution is 2.49. The maximum atomic E-state index is 14.0. The molecule has 0 saturated carbocycles. The predicted molar refractivity (Wildman–Crippen MR) is 315 cm³/mol. The molecule has 3 aromatic carbocycles. The van der Waals surface area contributed by atoms with Gasteiger partial charge in [0.1, 0.15) is 34.8 Å². The van der Waals surface area contributed by atoms with Crippen molar-refractivity contribution in [2.24, 2.45) is 0 Å². The average Bonchev–Trinajstić information content (AvgIpc) is 3.49. The number of nitrogens with one attached hydrogen (secondary N) is 2. The van der Waals surface area contributed by atoms with Crippen molar-refractivity contribution >= 4 is 44.7 Å². The fourth-order valence-electron chi connectivity index (χ4n) is 7.79. The summed E-state index contributed by atoms with van der Waals surface area (Å²) in [5.74, 6) is 20.7. The fourth-order valence-corrected chi connectivity index (χ4v) is 11.7. The summed E-state index contributed by atoms with van der Waals surface area (Å²) < 4.78 is 65.8. The van der Waals surface area contributed by atoms with Gasteiger partial charge in [0, 0.05) is 98.6 Å². The predicted octanol–water partition coefficient (Wildman–Crippen LogP) is 7.29. The van der Waals surface area contributed by atoms with Gasteiger partial charge in [0.2, 0.25) is 20.2 Å². The molecule has 80 heavy (non-hydrogen) atoms. The van der Waals surface area contributed by atoms with Gasteiger partial charge in [-0.25, -0.2) is 29.2 Å². The molecule has 20 heteroatoms. The van der Waals surface area contributed by atoms with E-state index in [1.54, 1.807) is 90.5 Å². The Bertz CT molecular complexity index is 3330. The average molecular weight is 1140 g/mol. The van der Waals surface area contributed by atoms with Crippen molar-refractivity contribution in [2.45, 2.75) is 40.4 Å². The summed E-state index contributed by atoms with van der Waals surface area (Å²) in [6.07, 6.45) is 0. The number of rotatable bonds is 26. The molecule has 0 spiro atoms. The van der Waals surface area contributed by atoms with Crippen molar-refractivity contribution in [3.63, 3.8) is 0 Å². The maximum absolute atomic E-state index is 14.0. The zero-order chi connectivity index (χ0) is 57.5. The molecule has 0 bridgehead atoms. The molecular weight excluding hydrogens is 1070 g/mol. The van der Waals surface area contributed by atoms with Gasteiger partial charge in [0.05, 0.1) is 58.2 Å². The highest BCUT2D eigenvalue weighted by Gasteiger charge is 2.37. The molecule has 0 amide bonds. The van der Waals surface area contributed by atoms with Crippen LogP contribution in [0.2, 0.25) is 0 Å². The molecule has 6 rings (SSSR count). The first-order chi connectivity index (χ1) is 38.4. The number of hydrogen-bond acceptors (Lipinski definition) is 17. The Balaban J connectivity index is 1.25. The maximum Gasteiger partial charge on any atom is 0.343 e. The Morgan fingerprint density at radius 3 is 1.43 bits per heavy atom. The molecule has 0 saturated heterocycles. The summed E-state index contributed by atoms with van der Waals surface area (Å²) in [5, 5.41) is 7.07. The topological polar surface area (TPSA) is 202 Å². The number of esters is 1. The van der Waals surface area contributed by atoms with Crippen molar-refractivity contribution in [1.29, 1.82) is 0 Å². The Hall–Kier alpha value is -6.73. The van der Waals surface area contributed by atoms with Crippen LogP contribution in [0.3, 0.4) is 0 Å². The lowest BCUT2D eigenvalue weighted by Gasteiger charge is -2.23. The van der Waals surface area contributed by atoms with Gasteiger partial charge in [-0.15, -0.1) is 0 Å². The van der Waals surface area contributed by atoms with E-state index in [-0.39, 0.29) is 19.8 Å². The van der Waals surface area contributed by atoms with Crippen molar-refractivity contribution in [2.75, 3.05) is 93.9 Å². The number of benzene rings is 3. The quantitative estimate of drug-likeness (QED) is 0.0211. The van der Waals surface area contributed by atoms with Crippen LogP contribution >= 0.6 is 22.5 Å². The second kappa shape index (κ2) is 30.7. The molecule has 3 aromatic heterocycles. The Morgan fingerprint density at radius 2 is 0.988 bits per heavy atom. The van der Waals surface area contributed by atoms with Crippen LogP contribution in [0.5, 0.6) is 17.2 Å². The van der Waals surface area contributed by atoms with Crippen molar-refractivity contribution in [3.8, 4) is 52.8 Å². The van der Waals surface area contributed by atoms with E-state index < -0.39 is 28.4 Å². The molecule has 420 valence electrons. The van der Waals surface area contributed by atoms with E-state index in [1.165, 1.54) is 7.11 Å². The lowest BCUT2D eigenvalue weighted by atomic mass is 10.1. The summed E-state index contributed by atoms with van der Waals surface area (Å²) in [7, 11) is -5.11. The van der Waals surface area contributed by atoms with Crippen LogP contribution in [0, 0.1) is 35.5 Å². The number of ether oxygens (including phenoxy) is 4. The van der Waals surface area contributed by atoms with Gasteiger partial charge in [-0.1, -0.05) is 35.5 Å². The van der Waals surface area contributed by atoms with Crippen LogP contribution in [-0.2, 0) is 51.9 Å². The Morgan fingerprint density at radius 1 is 0.575 bits per heavy atom. The number of carbonyl (C=O) groups excluding carboxylic acids is 1. The van der Waals surface area contributed by atoms with Crippen molar-refractivity contribution in [1.82, 2.24) is 30.5 Å². The van der Waals surface area contributed by atoms with Crippen LogP contribution in [0.4, 0.5) is 0 Å². The Labute approximate surface area is 471 Å². The molecule has 6 aromatic rings. The highest BCUT2D eigenvalue weighted by atomic mass is 31.2. The minimum absolute atomic E-state index is 0.210. The summed E-state index contributed by atoms with van der Waals surface area (Å²) in [4.78, 5) is 39.7. The zero-order valence-electron chi connectivity index (χ0n) is 46.8. The van der Waals surface area contributed by atoms with Crippen LogP contribution in [0.15, 0.2) is 109 Å². The number of pyridine rings is 3. The molecule has 17 nitrogen and oxygen atoms in total. The molecule has 0 aliphatic carbocycles. The molecule has 3 unspecified atom stereocenters. The van der Waals surface area contributed by atoms with E-state index in [0.29, 0.717) is 114 Å². The number of carbonyl (C=O) groups is 1. The van der Waals surface area contributed by atoms with Crippen LogP contribution in [-0.4, -0.2) is 125 Å². The summed E-state index contributed by atoms with van der Waals surface area (Å²) >= 11 is 0. The largest absolute Gasteiger partial charge is 0.497 e. The third-order valence-electron chi connectivity index (χ3n) is 11.9. The molecule has 3 atom stereocenters. The van der Waals surface area contributed by atoms with Crippen LogP contribution < -0.4 is 41.1 Å². The van der Waals surface area contributed by atoms with Gasteiger partial charge in [-0.2, -0.15) is 0 Å². The molecule has 0 fully saturated rings. The third-order valence-corrected chi connectivity index (χ3v) is 17.3.